The van der Waals surface area contributed by atoms with Crippen molar-refractivity contribution in [1.82, 2.24) is 9.88 Å². The monoisotopic (exact) mass is 304 g/mol. The Balaban J connectivity index is 2.20. The number of hydrogen-bond donors (Lipinski definition) is 1. The van der Waals surface area contributed by atoms with Gasteiger partial charge in [-0.2, -0.15) is 13.2 Å². The molecule has 2 rings (SSSR count). The first-order valence-electron chi connectivity index (χ1n) is 6.45. The molecule has 1 unspecified atom stereocenters. The van der Waals surface area contributed by atoms with E-state index in [0.717, 1.165) is 19.4 Å². The number of alkyl halides is 3. The smallest absolute Gasteiger partial charge is 0.378 e. The van der Waals surface area contributed by atoms with Crippen molar-refractivity contribution in [3.05, 3.63) is 28.1 Å². The molecule has 1 aliphatic rings. The summed E-state index contributed by atoms with van der Waals surface area (Å²) < 4.78 is 37.9. The Morgan fingerprint density at radius 1 is 1.57 bits per heavy atom. The van der Waals surface area contributed by atoms with Gasteiger partial charge in [0, 0.05) is 12.6 Å². The SMILES string of the molecule is CN1CCCC1CNc1cc(C(F)(F)F)ncc1[N+](=O)[O-]. The minimum absolute atomic E-state index is 0.150. The maximum atomic E-state index is 12.6. The number of halogens is 3. The number of nitrogens with zero attached hydrogens (tertiary/aromatic N) is 3. The van der Waals surface area contributed by atoms with Gasteiger partial charge in [0.1, 0.15) is 17.6 Å². The second-order valence-corrected chi connectivity index (χ2v) is 5.00. The Morgan fingerprint density at radius 3 is 2.81 bits per heavy atom. The number of likely N-dealkylation sites (tertiary alicyclic amines) is 1. The van der Waals surface area contributed by atoms with E-state index in [4.69, 9.17) is 0 Å². The van der Waals surface area contributed by atoms with Gasteiger partial charge in [0.05, 0.1) is 4.92 Å². The normalized spacial score (nSPS) is 19.7. The molecule has 1 saturated heterocycles. The lowest BCUT2D eigenvalue weighted by Gasteiger charge is -2.20. The number of anilines is 1. The Labute approximate surface area is 119 Å². The molecule has 6 nitrogen and oxygen atoms in total. The second-order valence-electron chi connectivity index (χ2n) is 5.00. The molecule has 0 amide bonds. The third kappa shape index (κ3) is 3.60. The van der Waals surface area contributed by atoms with Crippen LogP contribution in [-0.2, 0) is 6.18 Å². The highest BCUT2D eigenvalue weighted by molar-refractivity contribution is 5.61. The highest BCUT2D eigenvalue weighted by Gasteiger charge is 2.34. The summed E-state index contributed by atoms with van der Waals surface area (Å²) in [7, 11) is 1.92. The van der Waals surface area contributed by atoms with Gasteiger partial charge in [0.25, 0.3) is 0 Å². The first-order chi connectivity index (χ1) is 9.79. The van der Waals surface area contributed by atoms with Gasteiger partial charge >= 0.3 is 11.9 Å². The molecule has 0 spiro atoms. The van der Waals surface area contributed by atoms with Crippen LogP contribution in [0.15, 0.2) is 12.3 Å². The van der Waals surface area contributed by atoms with Crippen molar-refractivity contribution in [3.63, 3.8) is 0 Å². The van der Waals surface area contributed by atoms with Crippen LogP contribution in [0.4, 0.5) is 24.5 Å². The molecular weight excluding hydrogens is 289 g/mol. The second kappa shape index (κ2) is 5.84. The van der Waals surface area contributed by atoms with Crippen molar-refractivity contribution in [2.75, 3.05) is 25.5 Å². The van der Waals surface area contributed by atoms with Crippen LogP contribution in [0.5, 0.6) is 0 Å². The molecule has 1 aliphatic heterocycles. The lowest BCUT2D eigenvalue weighted by atomic mass is 10.2. The number of likely N-dealkylation sites (N-methyl/N-ethyl adjacent to an activating group) is 1. The molecule has 1 fully saturated rings. The first-order valence-corrected chi connectivity index (χ1v) is 6.45. The summed E-state index contributed by atoms with van der Waals surface area (Å²) in [6.45, 7) is 1.28. The summed E-state index contributed by atoms with van der Waals surface area (Å²) in [6, 6.07) is 0.847. The fourth-order valence-electron chi connectivity index (χ4n) is 2.36. The van der Waals surface area contributed by atoms with Crippen molar-refractivity contribution < 1.29 is 18.1 Å². The Hall–Kier alpha value is -1.90. The van der Waals surface area contributed by atoms with Crippen LogP contribution in [0.1, 0.15) is 18.5 Å². The Bertz CT molecular complexity index is 536. The maximum absolute atomic E-state index is 12.6. The highest BCUT2D eigenvalue weighted by Crippen LogP contribution is 2.33. The zero-order chi connectivity index (χ0) is 15.6. The van der Waals surface area contributed by atoms with E-state index in [2.05, 4.69) is 15.2 Å². The third-order valence-electron chi connectivity index (χ3n) is 3.57. The fraction of sp³-hybridized carbons (Fsp3) is 0.583. The van der Waals surface area contributed by atoms with E-state index in [1.54, 1.807) is 0 Å². The van der Waals surface area contributed by atoms with Crippen molar-refractivity contribution in [3.8, 4) is 0 Å². The van der Waals surface area contributed by atoms with Crippen molar-refractivity contribution in [1.29, 1.82) is 0 Å². The van der Waals surface area contributed by atoms with E-state index in [1.807, 2.05) is 7.05 Å². The standard InChI is InChI=1S/C12H15F3N4O2/c1-18-4-2-3-8(18)6-16-9-5-11(12(13,14)15)17-7-10(9)19(20)21/h5,7-8H,2-4,6H2,1H3,(H,16,17). The van der Waals surface area contributed by atoms with Gasteiger partial charge in [0.15, 0.2) is 0 Å². The van der Waals surface area contributed by atoms with Gasteiger partial charge in [-0.1, -0.05) is 0 Å². The summed E-state index contributed by atoms with van der Waals surface area (Å²) in [5.74, 6) is 0. The molecule has 0 aromatic carbocycles. The Morgan fingerprint density at radius 2 is 2.29 bits per heavy atom. The zero-order valence-corrected chi connectivity index (χ0v) is 11.4. The van der Waals surface area contributed by atoms with Crippen molar-refractivity contribution in [2.24, 2.45) is 0 Å². The molecule has 0 saturated carbocycles. The average Bonchev–Trinajstić information content (AvgIpc) is 2.80. The van der Waals surface area contributed by atoms with Crippen LogP contribution in [0.3, 0.4) is 0 Å². The lowest BCUT2D eigenvalue weighted by Crippen LogP contribution is -2.31. The molecule has 1 aromatic heterocycles. The first kappa shape index (κ1) is 15.5. The van der Waals surface area contributed by atoms with Gasteiger partial charge in [0.2, 0.25) is 0 Å². The predicted octanol–water partition coefficient (Wildman–Crippen LogP) is 2.51. The number of aromatic nitrogens is 1. The van der Waals surface area contributed by atoms with Crippen LogP contribution < -0.4 is 5.32 Å². The highest BCUT2D eigenvalue weighted by atomic mass is 19.4. The van der Waals surface area contributed by atoms with Crippen LogP contribution in [-0.4, -0.2) is 41.0 Å². The molecule has 0 radical (unpaired) electrons. The molecule has 21 heavy (non-hydrogen) atoms. The fourth-order valence-corrected chi connectivity index (χ4v) is 2.36. The molecule has 9 heteroatoms. The average molecular weight is 304 g/mol. The van der Waals surface area contributed by atoms with Gasteiger partial charge in [-0.15, -0.1) is 0 Å². The van der Waals surface area contributed by atoms with Gasteiger partial charge < -0.3 is 10.2 Å². The number of nitro groups is 1. The van der Waals surface area contributed by atoms with Gasteiger partial charge in [-0.3, -0.25) is 10.1 Å². The minimum Gasteiger partial charge on any atom is -0.378 e. The summed E-state index contributed by atoms with van der Waals surface area (Å²) in [5, 5.41) is 13.6. The van der Waals surface area contributed by atoms with E-state index < -0.39 is 22.5 Å². The van der Waals surface area contributed by atoms with E-state index in [0.29, 0.717) is 18.8 Å². The molecule has 0 aliphatic carbocycles. The van der Waals surface area contributed by atoms with Gasteiger partial charge in [-0.05, 0) is 32.5 Å². The summed E-state index contributed by atoms with van der Waals surface area (Å²) in [5.41, 5.74) is -1.75. The van der Waals surface area contributed by atoms with Crippen LogP contribution in [0, 0.1) is 10.1 Å². The predicted molar refractivity (Wildman–Crippen MR) is 70.0 cm³/mol. The molecule has 116 valence electrons. The summed E-state index contributed by atoms with van der Waals surface area (Å²) in [4.78, 5) is 15.3. The number of hydrogen-bond acceptors (Lipinski definition) is 5. The van der Waals surface area contributed by atoms with E-state index >= 15 is 0 Å². The summed E-state index contributed by atoms with van der Waals surface area (Å²) in [6.07, 6.45) is -2.07. The molecule has 1 aromatic rings. The number of rotatable bonds is 4. The topological polar surface area (TPSA) is 71.3 Å². The van der Waals surface area contributed by atoms with Crippen LogP contribution in [0.25, 0.3) is 0 Å². The molecule has 1 atom stereocenters. The maximum Gasteiger partial charge on any atom is 0.433 e. The Kier molecular flexibility index (Phi) is 4.31. The van der Waals surface area contributed by atoms with E-state index in [9.17, 15) is 23.3 Å². The van der Waals surface area contributed by atoms with E-state index in [1.165, 1.54) is 0 Å². The number of pyridine rings is 1. The largest absolute Gasteiger partial charge is 0.433 e. The minimum atomic E-state index is -4.63. The zero-order valence-electron chi connectivity index (χ0n) is 11.4. The molecular formula is C12H15F3N4O2. The van der Waals surface area contributed by atoms with Crippen molar-refractivity contribution >= 4 is 11.4 Å². The number of nitrogens with one attached hydrogen (secondary N) is 1. The summed E-state index contributed by atoms with van der Waals surface area (Å²) >= 11 is 0. The molecule has 2 heterocycles. The lowest BCUT2D eigenvalue weighted by molar-refractivity contribution is -0.384. The molecule has 1 N–H and O–H groups in total. The van der Waals surface area contributed by atoms with Gasteiger partial charge in [-0.25, -0.2) is 4.98 Å². The van der Waals surface area contributed by atoms with Crippen LogP contribution in [0.2, 0.25) is 0 Å². The quantitative estimate of drug-likeness (QED) is 0.683. The molecule has 0 bridgehead atoms. The van der Waals surface area contributed by atoms with Crippen LogP contribution >= 0.6 is 0 Å². The van der Waals surface area contributed by atoms with Crippen molar-refractivity contribution in [2.45, 2.75) is 25.1 Å². The third-order valence-corrected chi connectivity index (χ3v) is 3.57. The van der Waals surface area contributed by atoms with E-state index in [-0.39, 0.29) is 11.7 Å².